The highest BCUT2D eigenvalue weighted by Crippen LogP contribution is 2.15. The molecule has 0 spiro atoms. The molecule has 0 saturated carbocycles. The summed E-state index contributed by atoms with van der Waals surface area (Å²) in [5.74, 6) is -0.778. The summed E-state index contributed by atoms with van der Waals surface area (Å²) in [5, 5.41) is 2.78. The molecule has 136 valence electrons. The van der Waals surface area contributed by atoms with Crippen molar-refractivity contribution in [1.82, 2.24) is 4.90 Å². The summed E-state index contributed by atoms with van der Waals surface area (Å²) in [4.78, 5) is 37.1. The van der Waals surface area contributed by atoms with E-state index >= 15 is 0 Å². The van der Waals surface area contributed by atoms with Crippen LogP contribution in [-0.2, 0) is 16.1 Å². The van der Waals surface area contributed by atoms with Gasteiger partial charge in [-0.05, 0) is 24.6 Å². The van der Waals surface area contributed by atoms with Crippen LogP contribution in [0.15, 0.2) is 54.6 Å². The smallest absolute Gasteiger partial charge is 0.238 e. The summed E-state index contributed by atoms with van der Waals surface area (Å²) in [7, 11) is 0. The minimum atomic E-state index is -0.412. The first-order valence-corrected chi connectivity index (χ1v) is 8.40. The maximum atomic E-state index is 12.5. The van der Waals surface area contributed by atoms with E-state index in [0.29, 0.717) is 24.3 Å². The fraction of sp³-hybridized carbons (Fsp3) is 0.250. The van der Waals surface area contributed by atoms with Gasteiger partial charge in [-0.3, -0.25) is 19.3 Å². The highest BCUT2D eigenvalue weighted by Gasteiger charge is 2.15. The van der Waals surface area contributed by atoms with Crippen LogP contribution in [0.25, 0.3) is 0 Å². The molecular formula is C20H23N3O3. The van der Waals surface area contributed by atoms with E-state index < -0.39 is 5.91 Å². The molecule has 0 atom stereocenters. The van der Waals surface area contributed by atoms with Gasteiger partial charge in [0, 0.05) is 25.1 Å². The number of hydrogen-bond acceptors (Lipinski definition) is 4. The topological polar surface area (TPSA) is 92.5 Å². The van der Waals surface area contributed by atoms with E-state index in [9.17, 15) is 14.4 Å². The predicted molar refractivity (Wildman–Crippen MR) is 101 cm³/mol. The number of nitrogens with one attached hydrogen (secondary N) is 1. The minimum absolute atomic E-state index is 0.0917. The van der Waals surface area contributed by atoms with Crippen molar-refractivity contribution < 1.29 is 14.4 Å². The molecule has 0 bridgehead atoms. The van der Waals surface area contributed by atoms with E-state index in [1.54, 1.807) is 24.3 Å². The summed E-state index contributed by atoms with van der Waals surface area (Å²) < 4.78 is 0. The number of primary amides is 1. The van der Waals surface area contributed by atoms with Crippen LogP contribution in [0.4, 0.5) is 5.69 Å². The number of amides is 2. The van der Waals surface area contributed by atoms with Crippen molar-refractivity contribution in [2.75, 3.05) is 18.4 Å². The van der Waals surface area contributed by atoms with Gasteiger partial charge < -0.3 is 11.1 Å². The Labute approximate surface area is 153 Å². The monoisotopic (exact) mass is 353 g/mol. The lowest BCUT2D eigenvalue weighted by atomic mass is 10.1. The highest BCUT2D eigenvalue weighted by atomic mass is 16.2. The van der Waals surface area contributed by atoms with E-state index in [4.69, 9.17) is 5.73 Å². The molecule has 2 rings (SSSR count). The van der Waals surface area contributed by atoms with Gasteiger partial charge in [0.2, 0.25) is 11.8 Å². The molecule has 2 amide bonds. The summed E-state index contributed by atoms with van der Waals surface area (Å²) in [6.07, 6.45) is 0.171. The first-order chi connectivity index (χ1) is 12.5. The largest absolute Gasteiger partial charge is 0.370 e. The molecule has 0 aromatic heterocycles. The first-order valence-electron chi connectivity index (χ1n) is 8.40. The Hall–Kier alpha value is -2.99. The molecule has 3 N–H and O–H groups in total. The lowest BCUT2D eigenvalue weighted by Crippen LogP contribution is -2.35. The second-order valence-electron chi connectivity index (χ2n) is 6.06. The third-order valence-electron chi connectivity index (χ3n) is 3.87. The second kappa shape index (κ2) is 9.48. The van der Waals surface area contributed by atoms with Crippen LogP contribution in [0.5, 0.6) is 0 Å². The molecular weight excluding hydrogens is 330 g/mol. The van der Waals surface area contributed by atoms with Crippen molar-refractivity contribution in [3.63, 3.8) is 0 Å². The second-order valence-corrected chi connectivity index (χ2v) is 6.06. The Morgan fingerprint density at radius 1 is 1.00 bits per heavy atom. The van der Waals surface area contributed by atoms with Gasteiger partial charge >= 0.3 is 0 Å². The van der Waals surface area contributed by atoms with E-state index in [1.807, 2.05) is 35.2 Å². The predicted octanol–water partition coefficient (Wildman–Crippen LogP) is 2.21. The van der Waals surface area contributed by atoms with Crippen molar-refractivity contribution in [1.29, 1.82) is 0 Å². The van der Waals surface area contributed by atoms with Gasteiger partial charge in [-0.2, -0.15) is 0 Å². The van der Waals surface area contributed by atoms with Gasteiger partial charge in [0.05, 0.1) is 12.2 Å². The summed E-state index contributed by atoms with van der Waals surface area (Å²) >= 11 is 0. The number of nitrogens with zero attached hydrogens (tertiary/aromatic N) is 1. The molecule has 6 nitrogen and oxygen atoms in total. The Balaban J connectivity index is 2.05. The Morgan fingerprint density at radius 3 is 2.31 bits per heavy atom. The third-order valence-corrected chi connectivity index (χ3v) is 3.87. The zero-order valence-corrected chi connectivity index (χ0v) is 14.8. The molecule has 6 heteroatoms. The lowest BCUT2D eigenvalue weighted by molar-refractivity contribution is -0.120. The van der Waals surface area contributed by atoms with E-state index in [2.05, 4.69) is 5.32 Å². The molecule has 0 aliphatic heterocycles. The molecule has 0 heterocycles. The van der Waals surface area contributed by atoms with Crippen LogP contribution in [-0.4, -0.2) is 35.6 Å². The van der Waals surface area contributed by atoms with Gasteiger partial charge in [0.1, 0.15) is 0 Å². The number of anilines is 1. The molecule has 2 aromatic carbocycles. The number of Topliss-reactive ketones (excluding diaryl/α,β-unsaturated/α-hetero) is 1. The molecule has 0 aliphatic carbocycles. The maximum absolute atomic E-state index is 12.5. The number of carbonyl (C=O) groups excluding carboxylic acids is 3. The first kappa shape index (κ1) is 19.3. The van der Waals surface area contributed by atoms with E-state index in [-0.39, 0.29) is 24.7 Å². The van der Waals surface area contributed by atoms with Crippen LogP contribution in [0, 0.1) is 0 Å². The van der Waals surface area contributed by atoms with Crippen molar-refractivity contribution in [2.24, 2.45) is 5.73 Å². The average Bonchev–Trinajstić information content (AvgIpc) is 2.60. The standard InChI is InChI=1S/C20H23N3O3/c1-15(24)17-9-5-6-10-18(17)22-20(26)14-23(12-11-19(21)25)13-16-7-3-2-4-8-16/h2-10H,11-14H2,1H3,(H2,21,25)(H,22,26). The van der Waals surface area contributed by atoms with Crippen molar-refractivity contribution in [3.05, 3.63) is 65.7 Å². The normalized spacial score (nSPS) is 10.5. The zero-order chi connectivity index (χ0) is 18.9. The Bertz CT molecular complexity index is 775. The van der Waals surface area contributed by atoms with Crippen LogP contribution >= 0.6 is 0 Å². The van der Waals surface area contributed by atoms with Crippen molar-refractivity contribution >= 4 is 23.3 Å². The SMILES string of the molecule is CC(=O)c1ccccc1NC(=O)CN(CCC(N)=O)Cc1ccccc1. The van der Waals surface area contributed by atoms with E-state index in [0.717, 1.165) is 5.56 Å². The number of rotatable bonds is 9. The van der Waals surface area contributed by atoms with Gasteiger partial charge in [0.15, 0.2) is 5.78 Å². The number of benzene rings is 2. The molecule has 0 unspecified atom stereocenters. The Morgan fingerprint density at radius 2 is 1.65 bits per heavy atom. The summed E-state index contributed by atoms with van der Waals surface area (Å²) in [6.45, 7) is 2.45. The molecule has 0 saturated heterocycles. The number of nitrogens with two attached hydrogens (primary N) is 1. The average molecular weight is 353 g/mol. The fourth-order valence-corrected chi connectivity index (χ4v) is 2.62. The van der Waals surface area contributed by atoms with E-state index in [1.165, 1.54) is 6.92 Å². The van der Waals surface area contributed by atoms with Gasteiger partial charge in [0.25, 0.3) is 0 Å². The van der Waals surface area contributed by atoms with Crippen LogP contribution < -0.4 is 11.1 Å². The zero-order valence-electron chi connectivity index (χ0n) is 14.8. The highest BCUT2D eigenvalue weighted by molar-refractivity contribution is 6.04. The lowest BCUT2D eigenvalue weighted by Gasteiger charge is -2.21. The molecule has 26 heavy (non-hydrogen) atoms. The molecule has 0 radical (unpaired) electrons. The van der Waals surface area contributed by atoms with Gasteiger partial charge in [-0.1, -0.05) is 42.5 Å². The van der Waals surface area contributed by atoms with Crippen molar-refractivity contribution in [3.8, 4) is 0 Å². The molecule has 0 aliphatic rings. The third kappa shape index (κ3) is 6.14. The van der Waals surface area contributed by atoms with Crippen molar-refractivity contribution in [2.45, 2.75) is 19.9 Å². The summed E-state index contributed by atoms with van der Waals surface area (Å²) in [5.41, 5.74) is 7.23. The van der Waals surface area contributed by atoms with Gasteiger partial charge in [-0.15, -0.1) is 0 Å². The fourth-order valence-electron chi connectivity index (χ4n) is 2.62. The van der Waals surface area contributed by atoms with Crippen LogP contribution in [0.3, 0.4) is 0 Å². The van der Waals surface area contributed by atoms with Gasteiger partial charge in [-0.25, -0.2) is 0 Å². The number of hydrogen-bond donors (Lipinski definition) is 2. The quantitative estimate of drug-likeness (QED) is 0.676. The maximum Gasteiger partial charge on any atom is 0.238 e. The van der Waals surface area contributed by atoms with Crippen LogP contribution in [0.2, 0.25) is 0 Å². The number of para-hydroxylation sites is 1. The number of ketones is 1. The molecule has 2 aromatic rings. The molecule has 0 fully saturated rings. The minimum Gasteiger partial charge on any atom is -0.370 e. The number of carbonyl (C=O) groups is 3. The van der Waals surface area contributed by atoms with Crippen LogP contribution in [0.1, 0.15) is 29.3 Å². The Kier molecular flexibility index (Phi) is 7.05. The summed E-state index contributed by atoms with van der Waals surface area (Å²) in [6, 6.07) is 16.6.